The van der Waals surface area contributed by atoms with Gasteiger partial charge in [-0.05, 0) is 19.3 Å². The summed E-state index contributed by atoms with van der Waals surface area (Å²) < 4.78 is 33.8. The Labute approximate surface area is 190 Å². The number of aryl methyl sites for hydroxylation is 1. The van der Waals surface area contributed by atoms with E-state index in [4.69, 9.17) is 19.9 Å². The molecular weight excluding hydrogens is 439 g/mol. The standard InChI is InChI=1S/C19H29N7.C2HF3O2/c1-23(2)18-15-6-11-25(14-17-20-8-13-24(17)3)12-7-16(15)21-19(22-18)26-9-4-5-10-26;3-2(4,5)1(6)7/h8,13H,4-7,9-12,14H2,1-3H3;(H,6,7). The van der Waals surface area contributed by atoms with Gasteiger partial charge in [-0.2, -0.15) is 18.2 Å². The number of rotatable bonds is 4. The van der Waals surface area contributed by atoms with Crippen LogP contribution in [0.1, 0.15) is 29.9 Å². The highest BCUT2D eigenvalue weighted by atomic mass is 19.4. The lowest BCUT2D eigenvalue weighted by Crippen LogP contribution is -2.27. The second kappa shape index (κ2) is 10.4. The number of hydrogen-bond acceptors (Lipinski definition) is 7. The van der Waals surface area contributed by atoms with E-state index in [0.29, 0.717) is 0 Å². The minimum atomic E-state index is -5.08. The molecule has 4 rings (SSSR count). The van der Waals surface area contributed by atoms with Crippen LogP contribution in [0.25, 0.3) is 0 Å². The molecule has 0 unspecified atom stereocenters. The van der Waals surface area contributed by atoms with Crippen LogP contribution in [0.2, 0.25) is 0 Å². The molecule has 1 saturated heterocycles. The third-order valence-corrected chi connectivity index (χ3v) is 5.74. The van der Waals surface area contributed by atoms with Crippen LogP contribution in [-0.4, -0.2) is 81.9 Å². The first-order valence-electron chi connectivity index (χ1n) is 10.9. The number of carboxylic acids is 1. The molecular formula is C21H30F3N7O2. The average molecular weight is 470 g/mol. The summed E-state index contributed by atoms with van der Waals surface area (Å²) in [4.78, 5) is 30.3. The highest BCUT2D eigenvalue weighted by Gasteiger charge is 2.38. The van der Waals surface area contributed by atoms with E-state index in [1.54, 1.807) is 0 Å². The predicted octanol–water partition coefficient (Wildman–Crippen LogP) is 2.11. The highest BCUT2D eigenvalue weighted by Crippen LogP contribution is 2.27. The Morgan fingerprint density at radius 3 is 2.30 bits per heavy atom. The fraction of sp³-hybridized carbons (Fsp3) is 0.619. The van der Waals surface area contributed by atoms with Gasteiger partial charge in [0.05, 0.1) is 12.2 Å². The van der Waals surface area contributed by atoms with Gasteiger partial charge in [0.2, 0.25) is 5.95 Å². The van der Waals surface area contributed by atoms with Crippen molar-refractivity contribution in [1.29, 1.82) is 0 Å². The zero-order valence-corrected chi connectivity index (χ0v) is 19.1. The molecule has 2 aromatic heterocycles. The molecule has 0 aromatic carbocycles. The first-order chi connectivity index (χ1) is 15.6. The molecule has 0 saturated carbocycles. The van der Waals surface area contributed by atoms with Gasteiger partial charge < -0.3 is 19.5 Å². The number of carbonyl (C=O) groups is 1. The van der Waals surface area contributed by atoms with Gasteiger partial charge in [-0.15, -0.1) is 0 Å². The molecule has 0 aliphatic carbocycles. The molecule has 0 radical (unpaired) electrons. The maximum Gasteiger partial charge on any atom is 0.490 e. The molecule has 2 aromatic rings. The number of imidazole rings is 1. The summed E-state index contributed by atoms with van der Waals surface area (Å²) in [5.74, 6) is 0.373. The molecule has 2 aliphatic rings. The largest absolute Gasteiger partial charge is 0.490 e. The summed E-state index contributed by atoms with van der Waals surface area (Å²) in [5.41, 5.74) is 2.55. The summed E-state index contributed by atoms with van der Waals surface area (Å²) in [7, 11) is 6.24. The van der Waals surface area contributed by atoms with E-state index in [9.17, 15) is 13.2 Å². The normalized spacial score (nSPS) is 16.6. The van der Waals surface area contributed by atoms with Crippen LogP contribution in [0.4, 0.5) is 24.9 Å². The molecule has 0 atom stereocenters. The Hall–Kier alpha value is -2.89. The van der Waals surface area contributed by atoms with Gasteiger partial charge in [-0.1, -0.05) is 0 Å². The summed E-state index contributed by atoms with van der Waals surface area (Å²) in [6.45, 7) is 5.09. The number of aliphatic carboxylic acids is 1. The van der Waals surface area contributed by atoms with Gasteiger partial charge >= 0.3 is 12.1 Å². The second-order valence-corrected chi connectivity index (χ2v) is 8.39. The van der Waals surface area contributed by atoms with E-state index in [1.807, 2.05) is 12.4 Å². The summed E-state index contributed by atoms with van der Waals surface area (Å²) in [5, 5.41) is 7.12. The lowest BCUT2D eigenvalue weighted by atomic mass is 10.1. The van der Waals surface area contributed by atoms with Gasteiger partial charge in [0, 0.05) is 71.7 Å². The lowest BCUT2D eigenvalue weighted by molar-refractivity contribution is -0.192. The number of hydrogen-bond donors (Lipinski definition) is 1. The number of fused-ring (bicyclic) bond motifs is 1. The van der Waals surface area contributed by atoms with Crippen molar-refractivity contribution in [1.82, 2.24) is 24.4 Å². The predicted molar refractivity (Wildman–Crippen MR) is 117 cm³/mol. The Morgan fingerprint density at radius 1 is 1.12 bits per heavy atom. The fourth-order valence-corrected chi connectivity index (χ4v) is 3.95. The van der Waals surface area contributed by atoms with E-state index in [1.165, 1.54) is 24.1 Å². The Kier molecular flexibility index (Phi) is 7.77. The minimum absolute atomic E-state index is 0.890. The summed E-state index contributed by atoms with van der Waals surface area (Å²) in [6.07, 6.45) is 3.27. The van der Waals surface area contributed by atoms with Crippen molar-refractivity contribution in [2.45, 2.75) is 38.4 Å². The molecule has 12 heteroatoms. The molecule has 33 heavy (non-hydrogen) atoms. The van der Waals surface area contributed by atoms with Gasteiger partial charge in [0.25, 0.3) is 0 Å². The van der Waals surface area contributed by atoms with Crippen LogP contribution in [0.15, 0.2) is 12.4 Å². The molecule has 2 aliphatic heterocycles. The van der Waals surface area contributed by atoms with Crippen LogP contribution >= 0.6 is 0 Å². The van der Waals surface area contributed by atoms with Crippen molar-refractivity contribution in [3.05, 3.63) is 29.5 Å². The molecule has 9 nitrogen and oxygen atoms in total. The van der Waals surface area contributed by atoms with Crippen LogP contribution in [0, 0.1) is 0 Å². The van der Waals surface area contributed by atoms with E-state index in [2.05, 4.69) is 45.4 Å². The molecule has 0 bridgehead atoms. The fourth-order valence-electron chi connectivity index (χ4n) is 3.95. The molecule has 182 valence electrons. The Balaban J connectivity index is 0.000000383. The van der Waals surface area contributed by atoms with Gasteiger partial charge in [-0.3, -0.25) is 4.90 Å². The van der Waals surface area contributed by atoms with E-state index in [0.717, 1.165) is 63.2 Å². The van der Waals surface area contributed by atoms with Crippen molar-refractivity contribution in [2.24, 2.45) is 7.05 Å². The van der Waals surface area contributed by atoms with Crippen LogP contribution < -0.4 is 9.80 Å². The molecule has 4 heterocycles. The number of carboxylic acid groups (broad SMARTS) is 1. The molecule has 0 spiro atoms. The number of aromatic nitrogens is 4. The van der Waals surface area contributed by atoms with Crippen molar-refractivity contribution in [2.75, 3.05) is 50.1 Å². The van der Waals surface area contributed by atoms with E-state index >= 15 is 0 Å². The monoisotopic (exact) mass is 469 g/mol. The maximum absolute atomic E-state index is 10.6. The third-order valence-electron chi connectivity index (χ3n) is 5.74. The topological polar surface area (TPSA) is 90.6 Å². The average Bonchev–Trinajstić information content (AvgIpc) is 3.37. The van der Waals surface area contributed by atoms with E-state index < -0.39 is 12.1 Å². The van der Waals surface area contributed by atoms with Gasteiger partial charge in [0.15, 0.2) is 0 Å². The van der Waals surface area contributed by atoms with Crippen molar-refractivity contribution >= 4 is 17.7 Å². The van der Waals surface area contributed by atoms with Crippen molar-refractivity contribution in [3.63, 3.8) is 0 Å². The first kappa shape index (κ1) is 24.7. The molecule has 1 fully saturated rings. The van der Waals surface area contributed by atoms with Crippen LogP contribution in [-0.2, 0) is 31.2 Å². The van der Waals surface area contributed by atoms with Crippen LogP contribution in [0.3, 0.4) is 0 Å². The quantitative estimate of drug-likeness (QED) is 0.728. The van der Waals surface area contributed by atoms with E-state index in [-0.39, 0.29) is 0 Å². The zero-order valence-electron chi connectivity index (χ0n) is 19.1. The molecule has 0 amide bonds. The summed E-state index contributed by atoms with van der Waals surface area (Å²) >= 11 is 0. The second-order valence-electron chi connectivity index (χ2n) is 8.39. The SMILES string of the molecule is CN(C)c1nc(N2CCCC2)nc2c1CCN(Cc1nccn1C)CC2.O=C(O)C(F)(F)F. The third kappa shape index (κ3) is 6.34. The number of alkyl halides is 3. The van der Waals surface area contributed by atoms with Crippen molar-refractivity contribution < 1.29 is 23.1 Å². The number of halogens is 3. The number of nitrogens with zero attached hydrogens (tertiary/aromatic N) is 7. The smallest absolute Gasteiger partial charge is 0.475 e. The lowest BCUT2D eigenvalue weighted by Gasteiger charge is -2.22. The van der Waals surface area contributed by atoms with Gasteiger partial charge in [-0.25, -0.2) is 14.8 Å². The Bertz CT molecular complexity index is 956. The highest BCUT2D eigenvalue weighted by molar-refractivity contribution is 5.73. The Morgan fingerprint density at radius 2 is 1.76 bits per heavy atom. The zero-order chi connectivity index (χ0) is 24.2. The number of anilines is 2. The minimum Gasteiger partial charge on any atom is -0.475 e. The van der Waals surface area contributed by atoms with Gasteiger partial charge in [0.1, 0.15) is 11.6 Å². The van der Waals surface area contributed by atoms with Crippen LogP contribution in [0.5, 0.6) is 0 Å². The molecule has 1 N–H and O–H groups in total. The maximum atomic E-state index is 10.6. The first-order valence-corrected chi connectivity index (χ1v) is 10.9. The van der Waals surface area contributed by atoms with Crippen molar-refractivity contribution in [3.8, 4) is 0 Å². The summed E-state index contributed by atoms with van der Waals surface area (Å²) in [6, 6.07) is 0.